The number of nitrogens with one attached hydrogen (secondary N) is 2. The molecule has 0 radical (unpaired) electrons. The number of rotatable bonds is 7. The average Bonchev–Trinajstić information content (AvgIpc) is 2.48. The first-order valence-electron chi connectivity index (χ1n) is 7.21. The summed E-state index contributed by atoms with van der Waals surface area (Å²) in [7, 11) is 1.70. The maximum atomic E-state index is 6.14. The van der Waals surface area contributed by atoms with Gasteiger partial charge in [0, 0.05) is 37.0 Å². The molecule has 118 valence electrons. The van der Waals surface area contributed by atoms with E-state index in [0.29, 0.717) is 5.82 Å². The van der Waals surface area contributed by atoms with E-state index < -0.39 is 0 Å². The van der Waals surface area contributed by atoms with Crippen LogP contribution in [0.2, 0.25) is 5.02 Å². The fourth-order valence-corrected chi connectivity index (χ4v) is 2.21. The van der Waals surface area contributed by atoms with Crippen LogP contribution in [-0.2, 0) is 4.74 Å². The number of hydrogen-bond donors (Lipinski definition) is 2. The van der Waals surface area contributed by atoms with Gasteiger partial charge in [0.1, 0.15) is 17.5 Å². The lowest BCUT2D eigenvalue weighted by Crippen LogP contribution is -2.08. The second-order valence-electron chi connectivity index (χ2n) is 5.00. The van der Waals surface area contributed by atoms with E-state index in [0.717, 1.165) is 47.5 Å². The fraction of sp³-hybridized carbons (Fsp3) is 0.375. The van der Waals surface area contributed by atoms with Crippen molar-refractivity contribution in [3.8, 4) is 0 Å². The van der Waals surface area contributed by atoms with Gasteiger partial charge >= 0.3 is 0 Å². The highest BCUT2D eigenvalue weighted by molar-refractivity contribution is 6.31. The number of hydrogen-bond acceptors (Lipinski definition) is 5. The van der Waals surface area contributed by atoms with Crippen molar-refractivity contribution in [2.45, 2.75) is 20.3 Å². The number of methoxy groups -OCH3 is 1. The molecule has 2 aromatic rings. The predicted octanol–water partition coefficient (Wildman–Crippen LogP) is 3.94. The van der Waals surface area contributed by atoms with E-state index in [9.17, 15) is 0 Å². The summed E-state index contributed by atoms with van der Waals surface area (Å²) in [5.41, 5.74) is 1.94. The van der Waals surface area contributed by atoms with Crippen LogP contribution in [0.15, 0.2) is 24.3 Å². The normalized spacial score (nSPS) is 10.5. The third-order valence-corrected chi connectivity index (χ3v) is 3.61. The molecule has 0 saturated carbocycles. The Bertz CT molecular complexity index is 634. The molecule has 0 spiro atoms. The number of aryl methyl sites for hydroxylation is 1. The van der Waals surface area contributed by atoms with Crippen molar-refractivity contribution in [2.75, 3.05) is 30.9 Å². The van der Waals surface area contributed by atoms with Crippen molar-refractivity contribution in [1.29, 1.82) is 0 Å². The minimum atomic E-state index is 0.707. The zero-order valence-electron chi connectivity index (χ0n) is 13.1. The van der Waals surface area contributed by atoms with E-state index in [2.05, 4.69) is 20.6 Å². The van der Waals surface area contributed by atoms with E-state index in [-0.39, 0.29) is 0 Å². The van der Waals surface area contributed by atoms with Crippen LogP contribution in [0.3, 0.4) is 0 Å². The van der Waals surface area contributed by atoms with Gasteiger partial charge in [0.15, 0.2) is 0 Å². The van der Waals surface area contributed by atoms with E-state index in [4.69, 9.17) is 16.3 Å². The van der Waals surface area contributed by atoms with Gasteiger partial charge in [0.25, 0.3) is 0 Å². The summed E-state index contributed by atoms with van der Waals surface area (Å²) in [4.78, 5) is 8.80. The van der Waals surface area contributed by atoms with Gasteiger partial charge in [-0.05, 0) is 38.0 Å². The Kier molecular flexibility index (Phi) is 5.98. The number of aromatic nitrogens is 2. The summed E-state index contributed by atoms with van der Waals surface area (Å²) in [6.45, 7) is 5.38. The van der Waals surface area contributed by atoms with Gasteiger partial charge in [0.05, 0.1) is 0 Å². The molecule has 0 amide bonds. The molecule has 0 aliphatic rings. The molecule has 1 aromatic heterocycles. The molecule has 22 heavy (non-hydrogen) atoms. The third kappa shape index (κ3) is 4.58. The van der Waals surface area contributed by atoms with Crippen LogP contribution >= 0.6 is 11.6 Å². The fourth-order valence-electron chi connectivity index (χ4n) is 2.04. The second-order valence-corrected chi connectivity index (χ2v) is 5.40. The van der Waals surface area contributed by atoms with Gasteiger partial charge in [-0.1, -0.05) is 17.7 Å². The number of halogens is 1. The molecular weight excluding hydrogens is 300 g/mol. The monoisotopic (exact) mass is 320 g/mol. The Morgan fingerprint density at radius 1 is 1.18 bits per heavy atom. The van der Waals surface area contributed by atoms with Gasteiger partial charge in [0.2, 0.25) is 0 Å². The molecule has 5 nitrogen and oxygen atoms in total. The standard InChI is InChI=1S/C16H21ClN4O/c1-11-13(17)6-4-7-14(11)21-16-10-15(19-12(2)20-16)18-8-5-9-22-3/h4,6-7,10H,5,8-9H2,1-3H3,(H2,18,19,20,21). The summed E-state index contributed by atoms with van der Waals surface area (Å²) in [5.74, 6) is 2.25. The van der Waals surface area contributed by atoms with Gasteiger partial charge < -0.3 is 15.4 Å². The predicted molar refractivity (Wildman–Crippen MR) is 91.2 cm³/mol. The molecule has 2 rings (SSSR count). The molecular formula is C16H21ClN4O. The van der Waals surface area contributed by atoms with Crippen molar-refractivity contribution in [2.24, 2.45) is 0 Å². The van der Waals surface area contributed by atoms with Gasteiger partial charge in [-0.25, -0.2) is 9.97 Å². The summed E-state index contributed by atoms with van der Waals surface area (Å²) < 4.78 is 5.03. The first kappa shape index (κ1) is 16.5. The Balaban J connectivity index is 2.10. The van der Waals surface area contributed by atoms with E-state index in [1.165, 1.54) is 0 Å². The second kappa shape index (κ2) is 7.96. The van der Waals surface area contributed by atoms with E-state index in [1.807, 2.05) is 38.1 Å². The molecule has 2 N–H and O–H groups in total. The number of ether oxygens (including phenoxy) is 1. The van der Waals surface area contributed by atoms with Gasteiger partial charge in [-0.2, -0.15) is 0 Å². The smallest absolute Gasteiger partial charge is 0.136 e. The average molecular weight is 321 g/mol. The quantitative estimate of drug-likeness (QED) is 0.757. The minimum absolute atomic E-state index is 0.707. The van der Waals surface area contributed by atoms with Crippen LogP contribution in [0.4, 0.5) is 17.3 Å². The molecule has 0 saturated heterocycles. The van der Waals surface area contributed by atoms with E-state index >= 15 is 0 Å². The summed E-state index contributed by atoms with van der Waals surface area (Å²) in [6, 6.07) is 7.65. The number of nitrogens with zero attached hydrogens (tertiary/aromatic N) is 2. The maximum Gasteiger partial charge on any atom is 0.136 e. The Hall–Kier alpha value is -1.85. The highest BCUT2D eigenvalue weighted by Gasteiger charge is 2.06. The lowest BCUT2D eigenvalue weighted by molar-refractivity contribution is 0.198. The van der Waals surface area contributed by atoms with Crippen LogP contribution in [0.25, 0.3) is 0 Å². The lowest BCUT2D eigenvalue weighted by Gasteiger charge is -2.12. The zero-order chi connectivity index (χ0) is 15.9. The van der Waals surface area contributed by atoms with Crippen molar-refractivity contribution >= 4 is 28.9 Å². The number of benzene rings is 1. The zero-order valence-corrected chi connectivity index (χ0v) is 13.9. The highest BCUT2D eigenvalue weighted by Crippen LogP contribution is 2.26. The molecule has 0 fully saturated rings. The third-order valence-electron chi connectivity index (χ3n) is 3.20. The van der Waals surface area contributed by atoms with Crippen molar-refractivity contribution in [3.05, 3.63) is 40.7 Å². The SMILES string of the molecule is COCCCNc1cc(Nc2cccc(Cl)c2C)nc(C)n1. The minimum Gasteiger partial charge on any atom is -0.385 e. The molecule has 1 heterocycles. The van der Waals surface area contributed by atoms with Crippen molar-refractivity contribution in [1.82, 2.24) is 9.97 Å². The van der Waals surface area contributed by atoms with Gasteiger partial charge in [-0.3, -0.25) is 0 Å². The molecule has 0 atom stereocenters. The van der Waals surface area contributed by atoms with Crippen LogP contribution in [0.5, 0.6) is 0 Å². The molecule has 0 bridgehead atoms. The van der Waals surface area contributed by atoms with Gasteiger partial charge in [-0.15, -0.1) is 0 Å². The number of anilines is 3. The van der Waals surface area contributed by atoms with Crippen LogP contribution in [0, 0.1) is 13.8 Å². The highest BCUT2D eigenvalue weighted by atomic mass is 35.5. The molecule has 0 unspecified atom stereocenters. The Morgan fingerprint density at radius 3 is 2.73 bits per heavy atom. The molecule has 1 aromatic carbocycles. The van der Waals surface area contributed by atoms with Crippen molar-refractivity contribution in [3.63, 3.8) is 0 Å². The molecule has 0 aliphatic carbocycles. The molecule has 6 heteroatoms. The first-order valence-corrected chi connectivity index (χ1v) is 7.58. The Morgan fingerprint density at radius 2 is 1.95 bits per heavy atom. The van der Waals surface area contributed by atoms with Crippen LogP contribution in [0.1, 0.15) is 17.8 Å². The first-order chi connectivity index (χ1) is 10.6. The van der Waals surface area contributed by atoms with Crippen LogP contribution < -0.4 is 10.6 Å². The summed E-state index contributed by atoms with van der Waals surface area (Å²) in [5, 5.41) is 7.30. The topological polar surface area (TPSA) is 59.1 Å². The largest absolute Gasteiger partial charge is 0.385 e. The Labute approximate surface area is 136 Å². The lowest BCUT2D eigenvalue weighted by atomic mass is 10.2. The maximum absolute atomic E-state index is 6.14. The summed E-state index contributed by atoms with van der Waals surface area (Å²) in [6.07, 6.45) is 0.926. The van der Waals surface area contributed by atoms with Crippen molar-refractivity contribution < 1.29 is 4.74 Å². The van der Waals surface area contributed by atoms with Crippen LogP contribution in [-0.4, -0.2) is 30.2 Å². The molecule has 0 aliphatic heterocycles. The van der Waals surface area contributed by atoms with E-state index in [1.54, 1.807) is 7.11 Å². The summed E-state index contributed by atoms with van der Waals surface area (Å²) >= 11 is 6.14.